The topological polar surface area (TPSA) is 87.8 Å². The molecule has 0 bridgehead atoms. The van der Waals surface area contributed by atoms with Gasteiger partial charge in [-0.2, -0.15) is 0 Å². The van der Waals surface area contributed by atoms with Crippen LogP contribution in [-0.4, -0.2) is 27.8 Å². The molecule has 18 heavy (non-hydrogen) atoms. The predicted octanol–water partition coefficient (Wildman–Crippen LogP) is 1.41. The van der Waals surface area contributed by atoms with Gasteiger partial charge in [0.25, 0.3) is 0 Å². The van der Waals surface area contributed by atoms with E-state index < -0.39 is 5.97 Å². The first-order chi connectivity index (χ1) is 8.58. The molecule has 1 aliphatic heterocycles. The molecule has 6 nitrogen and oxygen atoms in total. The van der Waals surface area contributed by atoms with Gasteiger partial charge in [0.1, 0.15) is 5.76 Å². The van der Waals surface area contributed by atoms with Crippen molar-refractivity contribution >= 4 is 17.8 Å². The maximum Gasteiger partial charge on any atom is 0.371 e. The van der Waals surface area contributed by atoms with E-state index in [9.17, 15) is 14.4 Å². The molecule has 0 aromatic carbocycles. The fourth-order valence-corrected chi connectivity index (χ4v) is 1.87. The molecule has 0 unspecified atom stereocenters. The quantitative estimate of drug-likeness (QED) is 0.820. The Bertz CT molecular complexity index is 472. The molecule has 2 amide bonds. The number of carboxylic acid groups (broad SMARTS) is 1. The third kappa shape index (κ3) is 2.58. The summed E-state index contributed by atoms with van der Waals surface area (Å²) in [6.07, 6.45) is 2.11. The van der Waals surface area contributed by atoms with Crippen LogP contribution in [0.1, 0.15) is 42.0 Å². The van der Waals surface area contributed by atoms with Gasteiger partial charge < -0.3 is 9.52 Å². The van der Waals surface area contributed by atoms with E-state index in [2.05, 4.69) is 0 Å². The number of carbonyl (C=O) groups is 3. The lowest BCUT2D eigenvalue weighted by atomic mass is 10.2. The Morgan fingerprint density at radius 1 is 1.22 bits per heavy atom. The molecule has 0 aliphatic carbocycles. The van der Waals surface area contributed by atoms with Gasteiger partial charge in [-0.15, -0.1) is 0 Å². The molecule has 1 aromatic heterocycles. The number of nitrogens with zero attached hydrogens (tertiary/aromatic N) is 1. The molecule has 1 aliphatic rings. The molecule has 0 saturated carbocycles. The monoisotopic (exact) mass is 251 g/mol. The molecule has 0 radical (unpaired) electrons. The minimum absolute atomic E-state index is 0.00491. The van der Waals surface area contributed by atoms with Gasteiger partial charge in [0, 0.05) is 12.8 Å². The number of rotatable bonds is 3. The number of imide groups is 1. The Balaban J connectivity index is 2.12. The Hall–Kier alpha value is -2.11. The van der Waals surface area contributed by atoms with Crippen molar-refractivity contribution in [2.24, 2.45) is 0 Å². The normalized spacial score (nSPS) is 16.8. The van der Waals surface area contributed by atoms with Gasteiger partial charge in [0.2, 0.25) is 17.6 Å². The van der Waals surface area contributed by atoms with Crippen molar-refractivity contribution in [3.8, 4) is 0 Å². The molecule has 1 aromatic rings. The molecular formula is C12H13NO5. The second kappa shape index (κ2) is 5.03. The highest BCUT2D eigenvalue weighted by atomic mass is 16.4. The maximum atomic E-state index is 11.7. The first-order valence-corrected chi connectivity index (χ1v) is 5.73. The van der Waals surface area contributed by atoms with E-state index >= 15 is 0 Å². The van der Waals surface area contributed by atoms with Crippen LogP contribution in [0.15, 0.2) is 16.5 Å². The molecule has 1 saturated heterocycles. The van der Waals surface area contributed by atoms with Crippen LogP contribution in [0.2, 0.25) is 0 Å². The van der Waals surface area contributed by atoms with Crippen LogP contribution in [0.25, 0.3) is 0 Å². The van der Waals surface area contributed by atoms with Crippen LogP contribution in [-0.2, 0) is 16.1 Å². The smallest absolute Gasteiger partial charge is 0.371 e. The summed E-state index contributed by atoms with van der Waals surface area (Å²) in [4.78, 5) is 35.2. The van der Waals surface area contributed by atoms with Gasteiger partial charge in [0.05, 0.1) is 6.54 Å². The zero-order chi connectivity index (χ0) is 13.1. The van der Waals surface area contributed by atoms with Crippen molar-refractivity contribution in [2.75, 3.05) is 0 Å². The fraction of sp³-hybridized carbons (Fsp3) is 0.417. The summed E-state index contributed by atoms with van der Waals surface area (Å²) < 4.78 is 5.04. The lowest BCUT2D eigenvalue weighted by Crippen LogP contribution is -2.34. The summed E-state index contributed by atoms with van der Waals surface area (Å²) in [5, 5.41) is 8.71. The number of carboxylic acids is 1. The van der Waals surface area contributed by atoms with Crippen molar-refractivity contribution in [3.05, 3.63) is 23.7 Å². The largest absolute Gasteiger partial charge is 0.475 e. The van der Waals surface area contributed by atoms with Crippen LogP contribution in [0.5, 0.6) is 0 Å². The summed E-state index contributed by atoms with van der Waals surface area (Å²) in [6, 6.07) is 2.78. The number of hydrogen-bond acceptors (Lipinski definition) is 4. The van der Waals surface area contributed by atoms with Gasteiger partial charge in [-0.3, -0.25) is 14.5 Å². The summed E-state index contributed by atoms with van der Waals surface area (Å²) in [7, 11) is 0. The number of carbonyl (C=O) groups excluding carboxylic acids is 2. The highest BCUT2D eigenvalue weighted by Crippen LogP contribution is 2.17. The van der Waals surface area contributed by atoms with Crippen molar-refractivity contribution in [1.82, 2.24) is 4.90 Å². The van der Waals surface area contributed by atoms with Crippen molar-refractivity contribution in [3.63, 3.8) is 0 Å². The molecule has 6 heteroatoms. The van der Waals surface area contributed by atoms with Crippen molar-refractivity contribution in [2.45, 2.75) is 32.2 Å². The molecule has 2 rings (SSSR count). The second-order valence-corrected chi connectivity index (χ2v) is 4.15. The Kier molecular flexibility index (Phi) is 3.45. The van der Waals surface area contributed by atoms with E-state index in [1.165, 1.54) is 12.1 Å². The molecule has 1 N–H and O–H groups in total. The van der Waals surface area contributed by atoms with Gasteiger partial charge in [0.15, 0.2) is 0 Å². The van der Waals surface area contributed by atoms with E-state index in [-0.39, 0.29) is 24.1 Å². The summed E-state index contributed by atoms with van der Waals surface area (Å²) in [6.45, 7) is 0.00491. The minimum atomic E-state index is -1.17. The summed E-state index contributed by atoms with van der Waals surface area (Å²) >= 11 is 0. The molecular weight excluding hydrogens is 238 g/mol. The third-order valence-corrected chi connectivity index (χ3v) is 2.82. The van der Waals surface area contributed by atoms with E-state index in [4.69, 9.17) is 9.52 Å². The SMILES string of the molecule is O=C(O)c1ccc(CN2C(=O)CCCCC2=O)o1. The van der Waals surface area contributed by atoms with Crippen LogP contribution < -0.4 is 0 Å². The standard InChI is InChI=1S/C12H13NO5/c14-10-3-1-2-4-11(15)13(10)7-8-5-6-9(18-8)12(16)17/h5-6H,1-4,7H2,(H,16,17). The zero-order valence-electron chi connectivity index (χ0n) is 9.72. The molecule has 0 spiro atoms. The van der Waals surface area contributed by atoms with E-state index in [1.54, 1.807) is 0 Å². The number of likely N-dealkylation sites (tertiary alicyclic amines) is 1. The van der Waals surface area contributed by atoms with Gasteiger partial charge in [-0.05, 0) is 25.0 Å². The van der Waals surface area contributed by atoms with Gasteiger partial charge in [-0.1, -0.05) is 0 Å². The highest BCUT2D eigenvalue weighted by Gasteiger charge is 2.25. The number of amides is 2. The van der Waals surface area contributed by atoms with Gasteiger partial charge >= 0.3 is 5.97 Å². The van der Waals surface area contributed by atoms with Gasteiger partial charge in [-0.25, -0.2) is 4.79 Å². The van der Waals surface area contributed by atoms with E-state index in [0.717, 1.165) is 4.90 Å². The highest BCUT2D eigenvalue weighted by molar-refractivity contribution is 5.95. The average Bonchev–Trinajstić information content (AvgIpc) is 2.73. The maximum absolute atomic E-state index is 11.7. The zero-order valence-corrected chi connectivity index (χ0v) is 9.72. The second-order valence-electron chi connectivity index (χ2n) is 4.15. The fourth-order valence-electron chi connectivity index (χ4n) is 1.87. The summed E-state index contributed by atoms with van der Waals surface area (Å²) in [5.41, 5.74) is 0. The number of aromatic carboxylic acids is 1. The lowest BCUT2D eigenvalue weighted by molar-refractivity contribution is -0.144. The Labute approximate surface area is 103 Å². The first kappa shape index (κ1) is 12.3. The number of hydrogen-bond donors (Lipinski definition) is 1. The average molecular weight is 251 g/mol. The van der Waals surface area contributed by atoms with Crippen molar-refractivity contribution < 1.29 is 23.9 Å². The van der Waals surface area contributed by atoms with Crippen LogP contribution >= 0.6 is 0 Å². The number of furan rings is 1. The first-order valence-electron chi connectivity index (χ1n) is 5.73. The summed E-state index contributed by atoms with van der Waals surface area (Å²) in [5.74, 6) is -1.53. The Morgan fingerprint density at radius 3 is 2.33 bits per heavy atom. The van der Waals surface area contributed by atoms with Crippen LogP contribution in [0.3, 0.4) is 0 Å². The lowest BCUT2D eigenvalue weighted by Gasteiger charge is -2.16. The van der Waals surface area contributed by atoms with Crippen LogP contribution in [0.4, 0.5) is 0 Å². The molecule has 1 fully saturated rings. The van der Waals surface area contributed by atoms with E-state index in [0.29, 0.717) is 31.4 Å². The molecule has 2 heterocycles. The Morgan fingerprint density at radius 2 is 1.83 bits per heavy atom. The molecule has 0 atom stereocenters. The van der Waals surface area contributed by atoms with Crippen LogP contribution in [0, 0.1) is 0 Å². The third-order valence-electron chi connectivity index (χ3n) is 2.82. The minimum Gasteiger partial charge on any atom is -0.475 e. The van der Waals surface area contributed by atoms with E-state index in [1.807, 2.05) is 0 Å². The van der Waals surface area contributed by atoms with Crippen molar-refractivity contribution in [1.29, 1.82) is 0 Å². The molecule has 96 valence electrons. The predicted molar refractivity (Wildman–Crippen MR) is 59.7 cm³/mol.